The van der Waals surface area contributed by atoms with Crippen LogP contribution in [0.15, 0.2) is 45.7 Å². The summed E-state index contributed by atoms with van der Waals surface area (Å²) in [5.41, 5.74) is 1.08. The fourth-order valence-corrected chi connectivity index (χ4v) is 2.77. The number of benzene rings is 1. The van der Waals surface area contributed by atoms with E-state index in [0.717, 1.165) is 5.56 Å². The van der Waals surface area contributed by atoms with Crippen LogP contribution < -0.4 is 5.32 Å². The summed E-state index contributed by atoms with van der Waals surface area (Å²) in [7, 11) is 3.33. The highest BCUT2D eigenvalue weighted by Gasteiger charge is 2.15. The van der Waals surface area contributed by atoms with Gasteiger partial charge in [-0.15, -0.1) is 11.8 Å². The maximum absolute atomic E-state index is 12.4. The molecule has 2 aromatic rings. The summed E-state index contributed by atoms with van der Waals surface area (Å²) in [6.07, 6.45) is 2.03. The number of hydrogen-bond donors (Lipinski definition) is 1. The Kier molecular flexibility index (Phi) is 7.15. The molecule has 1 aromatic heterocycles. The first-order valence-electron chi connectivity index (χ1n) is 8.40. The zero-order valence-electron chi connectivity index (χ0n) is 15.6. The lowest BCUT2D eigenvalue weighted by Gasteiger charge is -2.21. The first-order chi connectivity index (χ1) is 12.4. The van der Waals surface area contributed by atoms with E-state index in [-0.39, 0.29) is 24.2 Å². The lowest BCUT2D eigenvalue weighted by molar-refractivity contribution is 0.0794. The number of urea groups is 1. The first kappa shape index (κ1) is 19.9. The molecule has 1 heterocycles. The first-order valence-corrected chi connectivity index (χ1v) is 9.63. The number of rotatable bonds is 7. The zero-order chi connectivity index (χ0) is 19.1. The second-order valence-electron chi connectivity index (χ2n) is 5.99. The quantitative estimate of drug-likeness (QED) is 0.753. The highest BCUT2D eigenvalue weighted by Crippen LogP contribution is 2.16. The van der Waals surface area contributed by atoms with Gasteiger partial charge in [-0.05, 0) is 43.0 Å². The van der Waals surface area contributed by atoms with Crippen LogP contribution in [0, 0.1) is 0 Å². The third-order valence-corrected chi connectivity index (χ3v) is 4.64. The van der Waals surface area contributed by atoms with Gasteiger partial charge in [0.15, 0.2) is 5.76 Å². The van der Waals surface area contributed by atoms with Crippen LogP contribution in [-0.2, 0) is 13.1 Å². The Morgan fingerprint density at radius 1 is 1.12 bits per heavy atom. The molecular weight excluding hydrogens is 350 g/mol. The summed E-state index contributed by atoms with van der Waals surface area (Å²) in [6, 6.07) is 11.3. The van der Waals surface area contributed by atoms with Crippen LogP contribution in [0.5, 0.6) is 0 Å². The molecule has 7 heteroatoms. The fourth-order valence-electron chi connectivity index (χ4n) is 2.36. The molecular formula is C19H25N3O3S. The third-order valence-electron chi connectivity index (χ3n) is 3.89. The van der Waals surface area contributed by atoms with Gasteiger partial charge in [-0.1, -0.05) is 12.1 Å². The topological polar surface area (TPSA) is 65.8 Å². The number of nitrogens with zero attached hydrogens (tertiary/aromatic N) is 2. The van der Waals surface area contributed by atoms with Gasteiger partial charge in [0.1, 0.15) is 5.76 Å². The summed E-state index contributed by atoms with van der Waals surface area (Å²) in [5, 5.41) is 2.84. The van der Waals surface area contributed by atoms with Gasteiger partial charge in [-0.3, -0.25) is 4.79 Å². The van der Waals surface area contributed by atoms with Gasteiger partial charge in [0.25, 0.3) is 5.91 Å². The number of furan rings is 1. The molecule has 0 bridgehead atoms. The minimum absolute atomic E-state index is 0.168. The van der Waals surface area contributed by atoms with Crippen molar-refractivity contribution in [1.82, 2.24) is 15.1 Å². The molecule has 3 amide bonds. The largest absolute Gasteiger partial charge is 0.454 e. The van der Waals surface area contributed by atoms with Crippen molar-refractivity contribution in [3.8, 4) is 0 Å². The SMILES string of the molecule is CCN(Cc1ccc(SC)cc1)C(=O)NCc1ccc(C(=O)N(C)C)o1. The number of carbonyl (C=O) groups excluding carboxylic acids is 2. The van der Waals surface area contributed by atoms with Crippen LogP contribution in [0.25, 0.3) is 0 Å². The van der Waals surface area contributed by atoms with E-state index in [9.17, 15) is 9.59 Å². The molecule has 0 radical (unpaired) electrons. The van der Waals surface area contributed by atoms with E-state index in [2.05, 4.69) is 17.4 Å². The predicted octanol–water partition coefficient (Wildman–Crippen LogP) is 3.44. The molecule has 0 aliphatic heterocycles. The summed E-state index contributed by atoms with van der Waals surface area (Å²) in [6.45, 7) is 3.32. The third kappa shape index (κ3) is 5.29. The second-order valence-corrected chi connectivity index (χ2v) is 6.87. The summed E-state index contributed by atoms with van der Waals surface area (Å²) in [4.78, 5) is 28.6. The number of hydrogen-bond acceptors (Lipinski definition) is 4. The van der Waals surface area contributed by atoms with Crippen molar-refractivity contribution < 1.29 is 14.0 Å². The molecule has 0 aliphatic carbocycles. The molecule has 2 rings (SSSR count). The van der Waals surface area contributed by atoms with Crippen molar-refractivity contribution in [2.24, 2.45) is 0 Å². The van der Waals surface area contributed by atoms with Gasteiger partial charge in [-0.2, -0.15) is 0 Å². The molecule has 26 heavy (non-hydrogen) atoms. The van der Waals surface area contributed by atoms with Crippen LogP contribution >= 0.6 is 11.8 Å². The van der Waals surface area contributed by atoms with Crippen molar-refractivity contribution >= 4 is 23.7 Å². The minimum Gasteiger partial charge on any atom is -0.454 e. The molecule has 140 valence electrons. The average molecular weight is 375 g/mol. The van der Waals surface area contributed by atoms with E-state index in [0.29, 0.717) is 18.8 Å². The van der Waals surface area contributed by atoms with E-state index in [1.54, 1.807) is 42.9 Å². The van der Waals surface area contributed by atoms with Crippen LogP contribution in [0.4, 0.5) is 4.79 Å². The van der Waals surface area contributed by atoms with Crippen molar-refractivity contribution in [3.05, 3.63) is 53.5 Å². The maximum Gasteiger partial charge on any atom is 0.318 e. The molecule has 6 nitrogen and oxygen atoms in total. The van der Waals surface area contributed by atoms with E-state index in [1.807, 2.05) is 25.3 Å². The van der Waals surface area contributed by atoms with Gasteiger partial charge >= 0.3 is 6.03 Å². The molecule has 0 fully saturated rings. The molecule has 0 saturated carbocycles. The van der Waals surface area contributed by atoms with Crippen LogP contribution in [-0.4, -0.2) is 48.6 Å². The molecule has 1 N–H and O–H groups in total. The minimum atomic E-state index is -0.202. The summed E-state index contributed by atoms with van der Waals surface area (Å²) < 4.78 is 5.49. The fraction of sp³-hybridized carbons (Fsp3) is 0.368. The maximum atomic E-state index is 12.4. The number of nitrogens with one attached hydrogen (secondary N) is 1. The smallest absolute Gasteiger partial charge is 0.318 e. The molecule has 0 saturated heterocycles. The molecule has 0 unspecified atom stereocenters. The van der Waals surface area contributed by atoms with Crippen LogP contribution in [0.1, 0.15) is 28.8 Å². The molecule has 0 atom stereocenters. The standard InChI is InChI=1S/C19H25N3O3S/c1-5-22(13-14-6-9-16(26-4)10-7-14)19(24)20-12-15-8-11-17(25-15)18(23)21(2)3/h6-11H,5,12-13H2,1-4H3,(H,20,24). The van der Waals surface area contributed by atoms with E-state index in [1.165, 1.54) is 9.80 Å². The van der Waals surface area contributed by atoms with E-state index in [4.69, 9.17) is 4.42 Å². The van der Waals surface area contributed by atoms with Crippen molar-refractivity contribution in [2.75, 3.05) is 26.9 Å². The lowest BCUT2D eigenvalue weighted by atomic mass is 10.2. The second kappa shape index (κ2) is 9.33. The van der Waals surface area contributed by atoms with Gasteiger partial charge < -0.3 is 19.5 Å². The van der Waals surface area contributed by atoms with Crippen LogP contribution in [0.2, 0.25) is 0 Å². The van der Waals surface area contributed by atoms with Gasteiger partial charge in [0.05, 0.1) is 6.54 Å². The van der Waals surface area contributed by atoms with Crippen molar-refractivity contribution in [1.29, 1.82) is 0 Å². The van der Waals surface area contributed by atoms with Gasteiger partial charge in [0, 0.05) is 32.1 Å². The van der Waals surface area contributed by atoms with Gasteiger partial charge in [0.2, 0.25) is 0 Å². The Morgan fingerprint density at radius 2 is 1.81 bits per heavy atom. The predicted molar refractivity (Wildman–Crippen MR) is 103 cm³/mol. The monoisotopic (exact) mass is 375 g/mol. The van der Waals surface area contributed by atoms with Crippen molar-refractivity contribution in [2.45, 2.75) is 24.9 Å². The summed E-state index contributed by atoms with van der Waals surface area (Å²) in [5.74, 6) is 0.607. The molecule has 0 aliphatic rings. The highest BCUT2D eigenvalue weighted by molar-refractivity contribution is 7.98. The Hall–Kier alpha value is -2.41. The highest BCUT2D eigenvalue weighted by atomic mass is 32.2. The number of carbonyl (C=O) groups is 2. The van der Waals surface area contributed by atoms with Crippen LogP contribution in [0.3, 0.4) is 0 Å². The van der Waals surface area contributed by atoms with Crippen molar-refractivity contribution in [3.63, 3.8) is 0 Å². The van der Waals surface area contributed by atoms with E-state index >= 15 is 0 Å². The Bertz CT molecular complexity index is 741. The normalized spacial score (nSPS) is 10.5. The summed E-state index contributed by atoms with van der Waals surface area (Å²) >= 11 is 1.69. The zero-order valence-corrected chi connectivity index (χ0v) is 16.4. The average Bonchev–Trinajstić information content (AvgIpc) is 3.12. The Balaban J connectivity index is 1.91. The number of thioether (sulfide) groups is 1. The number of amides is 3. The Morgan fingerprint density at radius 3 is 2.38 bits per heavy atom. The molecule has 0 spiro atoms. The lowest BCUT2D eigenvalue weighted by Crippen LogP contribution is -2.38. The molecule has 1 aromatic carbocycles. The van der Waals surface area contributed by atoms with E-state index < -0.39 is 0 Å². The Labute approximate surface area is 158 Å². The van der Waals surface area contributed by atoms with Gasteiger partial charge in [-0.25, -0.2) is 4.79 Å².